The van der Waals surface area contributed by atoms with Crippen molar-refractivity contribution in [2.45, 2.75) is 20.0 Å². The van der Waals surface area contributed by atoms with Crippen LogP contribution in [0.15, 0.2) is 0 Å². The second-order valence-electron chi connectivity index (χ2n) is 3.05. The van der Waals surface area contributed by atoms with E-state index in [4.69, 9.17) is 14.9 Å². The zero-order valence-electron chi connectivity index (χ0n) is 8.38. The molecule has 0 bridgehead atoms. The van der Waals surface area contributed by atoms with E-state index in [9.17, 15) is 0 Å². The number of rotatable bonds is 3. The number of nitrogens with zero attached hydrogens (tertiary/aromatic N) is 1. The smallest absolute Gasteiger partial charge is 0.211 e. The average Bonchev–Trinajstić information content (AvgIpc) is 2.18. The van der Waals surface area contributed by atoms with Gasteiger partial charge in [-0.05, 0) is 13.5 Å². The Morgan fingerprint density at radius 1 is 1.62 bits per heavy atom. The van der Waals surface area contributed by atoms with Gasteiger partial charge in [0.2, 0.25) is 5.90 Å². The topological polar surface area (TPSA) is 45.5 Å². The second-order valence-corrected chi connectivity index (χ2v) is 3.05. The number of nitrogens with one attached hydrogen (secondary N) is 1. The first kappa shape index (κ1) is 10.5. The van der Waals surface area contributed by atoms with E-state index >= 15 is 0 Å². The van der Waals surface area contributed by atoms with Crippen LogP contribution in [0.4, 0.5) is 0 Å². The van der Waals surface area contributed by atoms with E-state index in [1.165, 1.54) is 0 Å². The van der Waals surface area contributed by atoms with Gasteiger partial charge >= 0.3 is 0 Å². The fraction of sp³-hybridized carbons (Fsp3) is 0.889. The van der Waals surface area contributed by atoms with E-state index in [0.717, 1.165) is 19.6 Å². The van der Waals surface area contributed by atoms with Gasteiger partial charge in [0.25, 0.3) is 0 Å². The molecule has 1 unspecified atom stereocenters. The SMILES string of the molecule is CCOC(=N)C1CN(CC)CCO1. The lowest BCUT2D eigenvalue weighted by molar-refractivity contribution is -0.00310. The summed E-state index contributed by atoms with van der Waals surface area (Å²) in [4.78, 5) is 2.27. The molecule has 1 atom stereocenters. The van der Waals surface area contributed by atoms with Crippen LogP contribution in [0.1, 0.15) is 13.8 Å². The van der Waals surface area contributed by atoms with Crippen molar-refractivity contribution < 1.29 is 9.47 Å². The van der Waals surface area contributed by atoms with Crippen molar-refractivity contribution in [1.82, 2.24) is 4.90 Å². The molecule has 1 fully saturated rings. The number of likely N-dealkylation sites (N-methyl/N-ethyl adjacent to an activating group) is 1. The average molecular weight is 186 g/mol. The van der Waals surface area contributed by atoms with Crippen LogP contribution in [0.5, 0.6) is 0 Å². The first-order valence-corrected chi connectivity index (χ1v) is 4.83. The molecule has 1 heterocycles. The van der Waals surface area contributed by atoms with Gasteiger partial charge in [0.15, 0.2) is 0 Å². The lowest BCUT2D eigenvalue weighted by Gasteiger charge is -2.31. The lowest BCUT2D eigenvalue weighted by Crippen LogP contribution is -2.46. The van der Waals surface area contributed by atoms with E-state index < -0.39 is 0 Å². The summed E-state index contributed by atoms with van der Waals surface area (Å²) in [5.41, 5.74) is 0. The highest BCUT2D eigenvalue weighted by atomic mass is 16.5. The van der Waals surface area contributed by atoms with Crippen molar-refractivity contribution in [3.8, 4) is 0 Å². The third kappa shape index (κ3) is 2.97. The predicted molar refractivity (Wildman–Crippen MR) is 51.2 cm³/mol. The monoisotopic (exact) mass is 186 g/mol. The minimum atomic E-state index is -0.159. The van der Waals surface area contributed by atoms with Gasteiger partial charge in [-0.1, -0.05) is 6.92 Å². The van der Waals surface area contributed by atoms with Crippen LogP contribution in [0.25, 0.3) is 0 Å². The Morgan fingerprint density at radius 3 is 3.00 bits per heavy atom. The maximum atomic E-state index is 7.57. The first-order chi connectivity index (χ1) is 6.27. The summed E-state index contributed by atoms with van der Waals surface area (Å²) in [6.45, 7) is 8.02. The normalized spacial score (nSPS) is 24.3. The third-order valence-corrected chi connectivity index (χ3v) is 2.19. The van der Waals surface area contributed by atoms with Crippen molar-refractivity contribution in [2.24, 2.45) is 0 Å². The summed E-state index contributed by atoms with van der Waals surface area (Å²) in [5.74, 6) is 0.264. The van der Waals surface area contributed by atoms with Crippen LogP contribution in [-0.4, -0.2) is 49.7 Å². The lowest BCUT2D eigenvalue weighted by atomic mass is 10.2. The Balaban J connectivity index is 2.37. The molecule has 0 aromatic heterocycles. The molecule has 0 radical (unpaired) electrons. The van der Waals surface area contributed by atoms with Gasteiger partial charge < -0.3 is 9.47 Å². The fourth-order valence-electron chi connectivity index (χ4n) is 1.40. The number of morpholine rings is 1. The summed E-state index contributed by atoms with van der Waals surface area (Å²) in [7, 11) is 0. The Kier molecular flexibility index (Phi) is 4.18. The van der Waals surface area contributed by atoms with Crippen molar-refractivity contribution >= 4 is 5.90 Å². The van der Waals surface area contributed by atoms with Gasteiger partial charge in [0.05, 0.1) is 13.2 Å². The molecule has 0 spiro atoms. The molecular weight excluding hydrogens is 168 g/mol. The molecule has 0 amide bonds. The molecular formula is C9H18N2O2. The van der Waals surface area contributed by atoms with Crippen molar-refractivity contribution in [3.05, 3.63) is 0 Å². The van der Waals surface area contributed by atoms with Crippen molar-refractivity contribution in [3.63, 3.8) is 0 Å². The van der Waals surface area contributed by atoms with Crippen molar-refractivity contribution in [1.29, 1.82) is 5.41 Å². The Labute approximate surface area is 79.3 Å². The van der Waals surface area contributed by atoms with Gasteiger partial charge in [-0.2, -0.15) is 0 Å². The summed E-state index contributed by atoms with van der Waals surface area (Å²) < 4.78 is 10.5. The Hall–Kier alpha value is -0.610. The number of hydrogen-bond acceptors (Lipinski definition) is 4. The minimum absolute atomic E-state index is 0.159. The van der Waals surface area contributed by atoms with Crippen molar-refractivity contribution in [2.75, 3.05) is 32.8 Å². The standard InChI is InChI=1S/C9H18N2O2/c1-3-11-5-6-13-8(7-11)9(10)12-4-2/h8,10H,3-7H2,1-2H3. The highest BCUT2D eigenvalue weighted by Gasteiger charge is 2.23. The quantitative estimate of drug-likeness (QED) is 0.522. The number of ether oxygens (including phenoxy) is 2. The summed E-state index contributed by atoms with van der Waals surface area (Å²) in [5, 5.41) is 7.57. The molecule has 1 N–H and O–H groups in total. The molecule has 4 heteroatoms. The van der Waals surface area contributed by atoms with Gasteiger partial charge in [0.1, 0.15) is 6.10 Å². The summed E-state index contributed by atoms with van der Waals surface area (Å²) in [6.07, 6.45) is -0.159. The molecule has 4 nitrogen and oxygen atoms in total. The predicted octanol–water partition coefficient (Wildman–Crippen LogP) is 0.721. The zero-order chi connectivity index (χ0) is 9.68. The van der Waals surface area contributed by atoms with Gasteiger partial charge in [-0.15, -0.1) is 0 Å². The molecule has 1 saturated heterocycles. The molecule has 1 aliphatic rings. The molecule has 1 rings (SSSR count). The Bertz CT molecular complexity index is 173. The van der Waals surface area contributed by atoms with Crippen LogP contribution in [-0.2, 0) is 9.47 Å². The largest absolute Gasteiger partial charge is 0.480 e. The number of hydrogen-bond donors (Lipinski definition) is 1. The van der Waals surface area contributed by atoms with E-state index in [-0.39, 0.29) is 12.0 Å². The van der Waals surface area contributed by atoms with E-state index in [1.54, 1.807) is 0 Å². The van der Waals surface area contributed by atoms with E-state index in [0.29, 0.717) is 13.2 Å². The molecule has 0 aromatic rings. The molecule has 1 aliphatic heterocycles. The molecule has 13 heavy (non-hydrogen) atoms. The zero-order valence-corrected chi connectivity index (χ0v) is 8.38. The highest BCUT2D eigenvalue weighted by molar-refractivity contribution is 5.78. The van der Waals surface area contributed by atoms with Crippen LogP contribution in [0.2, 0.25) is 0 Å². The third-order valence-electron chi connectivity index (χ3n) is 2.19. The van der Waals surface area contributed by atoms with Crippen LogP contribution < -0.4 is 0 Å². The van der Waals surface area contributed by atoms with Crippen LogP contribution >= 0.6 is 0 Å². The van der Waals surface area contributed by atoms with Gasteiger partial charge in [-0.25, -0.2) is 0 Å². The maximum absolute atomic E-state index is 7.57. The summed E-state index contributed by atoms with van der Waals surface area (Å²) >= 11 is 0. The van der Waals surface area contributed by atoms with Crippen LogP contribution in [0.3, 0.4) is 0 Å². The molecule has 0 aromatic carbocycles. The second kappa shape index (κ2) is 5.19. The molecule has 0 aliphatic carbocycles. The molecule has 76 valence electrons. The molecule has 0 saturated carbocycles. The van der Waals surface area contributed by atoms with E-state index in [2.05, 4.69) is 11.8 Å². The highest BCUT2D eigenvalue weighted by Crippen LogP contribution is 2.06. The maximum Gasteiger partial charge on any atom is 0.211 e. The Morgan fingerprint density at radius 2 is 2.38 bits per heavy atom. The van der Waals surface area contributed by atoms with Crippen LogP contribution in [0, 0.1) is 5.41 Å². The van der Waals surface area contributed by atoms with Gasteiger partial charge in [0, 0.05) is 13.1 Å². The minimum Gasteiger partial charge on any atom is -0.480 e. The first-order valence-electron chi connectivity index (χ1n) is 4.83. The fourth-order valence-corrected chi connectivity index (χ4v) is 1.40. The van der Waals surface area contributed by atoms with Gasteiger partial charge in [-0.3, -0.25) is 10.3 Å². The van der Waals surface area contributed by atoms with E-state index in [1.807, 2.05) is 6.92 Å². The summed E-state index contributed by atoms with van der Waals surface area (Å²) in [6, 6.07) is 0.